The number of fused-ring (bicyclic) bond motifs is 1. The Hall–Kier alpha value is -2.71. The average molecular weight is 391 g/mol. The smallest absolute Gasteiger partial charge is 0.373 e. The second-order valence-corrected chi connectivity index (χ2v) is 7.04. The van der Waals surface area contributed by atoms with Gasteiger partial charge in [0.15, 0.2) is 0 Å². The minimum Gasteiger partial charge on any atom is -0.373 e. The first-order valence-electron chi connectivity index (χ1n) is 8.41. The first-order chi connectivity index (χ1) is 12.7. The number of rotatable bonds is 3. The highest BCUT2D eigenvalue weighted by molar-refractivity contribution is 6.30. The standard InChI is InChI=1S/C18H20ClN5O3/c1-9-14(19)7-22-18(21)23(9)8-13-6-12-5-11(16(20)26)3-4-15(12)24(10(2)25)17(13)27/h3-5,7,13,17,21,27H,6,8H2,1-2H3,(H2,20,26)/p+1. The molecular weight excluding hydrogens is 370 g/mol. The van der Waals surface area contributed by atoms with Crippen LogP contribution in [0.15, 0.2) is 24.4 Å². The van der Waals surface area contributed by atoms with Gasteiger partial charge in [0.1, 0.15) is 17.4 Å². The molecule has 2 amide bonds. The number of nitrogen functional groups attached to an aromatic ring is 1. The lowest BCUT2D eigenvalue weighted by Crippen LogP contribution is -2.54. The summed E-state index contributed by atoms with van der Waals surface area (Å²) in [4.78, 5) is 29.1. The van der Waals surface area contributed by atoms with Crippen molar-refractivity contribution in [2.75, 3.05) is 10.6 Å². The van der Waals surface area contributed by atoms with E-state index in [0.29, 0.717) is 34.9 Å². The molecule has 3 rings (SSSR count). The van der Waals surface area contributed by atoms with E-state index in [1.807, 2.05) is 0 Å². The molecule has 0 fully saturated rings. The quantitative estimate of drug-likeness (QED) is 0.660. The van der Waals surface area contributed by atoms with Crippen molar-refractivity contribution in [3.05, 3.63) is 46.2 Å². The van der Waals surface area contributed by atoms with Gasteiger partial charge in [-0.2, -0.15) is 0 Å². The zero-order chi connectivity index (χ0) is 19.9. The molecule has 0 aliphatic carbocycles. The second-order valence-electron chi connectivity index (χ2n) is 6.63. The van der Waals surface area contributed by atoms with Gasteiger partial charge in [0.05, 0.1) is 12.2 Å². The van der Waals surface area contributed by atoms with Crippen molar-refractivity contribution in [3.8, 4) is 0 Å². The molecule has 27 heavy (non-hydrogen) atoms. The molecular formula is C18H21ClN5O3+. The predicted molar refractivity (Wildman–Crippen MR) is 99.9 cm³/mol. The maximum absolute atomic E-state index is 12.2. The van der Waals surface area contributed by atoms with E-state index < -0.39 is 12.1 Å². The largest absolute Gasteiger partial charge is 0.389 e. The first kappa shape index (κ1) is 19.1. The van der Waals surface area contributed by atoms with Crippen LogP contribution >= 0.6 is 11.6 Å². The number of nitrogens with zero attached hydrogens (tertiary/aromatic N) is 3. The Morgan fingerprint density at radius 3 is 2.78 bits per heavy atom. The van der Waals surface area contributed by atoms with Gasteiger partial charge in [-0.1, -0.05) is 16.6 Å². The third kappa shape index (κ3) is 3.45. The number of aliphatic hydroxyl groups excluding tert-OH is 1. The van der Waals surface area contributed by atoms with Gasteiger partial charge in [0.2, 0.25) is 11.8 Å². The van der Waals surface area contributed by atoms with Gasteiger partial charge in [-0.25, -0.2) is 4.57 Å². The molecule has 1 aliphatic heterocycles. The Balaban J connectivity index is 2.03. The third-order valence-corrected chi connectivity index (χ3v) is 5.26. The van der Waals surface area contributed by atoms with Crippen LogP contribution in [0.3, 0.4) is 0 Å². The molecule has 1 aliphatic rings. The molecule has 0 saturated carbocycles. The molecule has 2 unspecified atom stereocenters. The Morgan fingerprint density at radius 1 is 1.44 bits per heavy atom. The summed E-state index contributed by atoms with van der Waals surface area (Å²) >= 11 is 6.14. The topological polar surface area (TPSA) is 126 Å². The van der Waals surface area contributed by atoms with Crippen LogP contribution in [0.4, 0.5) is 11.6 Å². The van der Waals surface area contributed by atoms with Crippen molar-refractivity contribution < 1.29 is 19.3 Å². The van der Waals surface area contributed by atoms with Crippen molar-refractivity contribution in [1.82, 2.24) is 4.98 Å². The summed E-state index contributed by atoms with van der Waals surface area (Å²) in [6.07, 6.45) is 0.843. The van der Waals surface area contributed by atoms with Crippen LogP contribution in [0.2, 0.25) is 5.02 Å². The monoisotopic (exact) mass is 390 g/mol. The fourth-order valence-corrected chi connectivity index (χ4v) is 3.60. The number of hydrogen-bond donors (Lipinski definition) is 3. The molecule has 2 heterocycles. The number of primary amides is 1. The van der Waals surface area contributed by atoms with Crippen LogP contribution in [0.5, 0.6) is 0 Å². The number of halogens is 1. The van der Waals surface area contributed by atoms with E-state index in [9.17, 15) is 14.7 Å². The molecule has 0 radical (unpaired) electrons. The fourth-order valence-electron chi connectivity index (χ4n) is 3.44. The SMILES string of the molecule is CC(=O)N1c2ccc(C(N)=O)cc2CC(C[n+]2c(N)ncc(Cl)c2C)C1O. The summed E-state index contributed by atoms with van der Waals surface area (Å²) < 4.78 is 1.71. The van der Waals surface area contributed by atoms with E-state index in [2.05, 4.69) is 4.98 Å². The van der Waals surface area contributed by atoms with Gasteiger partial charge in [-0.05, 0) is 37.1 Å². The summed E-state index contributed by atoms with van der Waals surface area (Å²) in [6, 6.07) is 4.83. The molecule has 0 spiro atoms. The van der Waals surface area contributed by atoms with E-state index in [1.165, 1.54) is 18.0 Å². The fraction of sp³-hybridized carbons (Fsp3) is 0.333. The Labute approximate surface area is 161 Å². The van der Waals surface area contributed by atoms with Crippen LogP contribution in [-0.4, -0.2) is 28.1 Å². The summed E-state index contributed by atoms with van der Waals surface area (Å²) in [5, 5.41) is 11.3. The highest BCUT2D eigenvalue weighted by atomic mass is 35.5. The van der Waals surface area contributed by atoms with E-state index >= 15 is 0 Å². The molecule has 0 bridgehead atoms. The summed E-state index contributed by atoms with van der Waals surface area (Å²) in [6.45, 7) is 3.49. The highest BCUT2D eigenvalue weighted by Crippen LogP contribution is 2.34. The number of aromatic nitrogens is 2. The molecule has 9 heteroatoms. The lowest BCUT2D eigenvalue weighted by Gasteiger charge is -2.38. The number of hydrogen-bond acceptors (Lipinski definition) is 5. The number of benzene rings is 1. The summed E-state index contributed by atoms with van der Waals surface area (Å²) in [5.41, 5.74) is 13.7. The lowest BCUT2D eigenvalue weighted by molar-refractivity contribution is -0.698. The minimum atomic E-state index is -1.06. The van der Waals surface area contributed by atoms with Crippen LogP contribution in [-0.2, 0) is 17.8 Å². The maximum atomic E-state index is 12.2. The Kier molecular flexibility index (Phi) is 5.03. The van der Waals surface area contributed by atoms with E-state index in [0.717, 1.165) is 5.56 Å². The van der Waals surface area contributed by atoms with Crippen LogP contribution in [0.1, 0.15) is 28.5 Å². The lowest BCUT2D eigenvalue weighted by atomic mass is 9.89. The highest BCUT2D eigenvalue weighted by Gasteiger charge is 2.37. The van der Waals surface area contributed by atoms with Crippen LogP contribution < -0.4 is 20.9 Å². The molecule has 142 valence electrons. The van der Waals surface area contributed by atoms with E-state index in [1.54, 1.807) is 29.7 Å². The second kappa shape index (κ2) is 7.13. The van der Waals surface area contributed by atoms with Crippen molar-refractivity contribution in [1.29, 1.82) is 0 Å². The van der Waals surface area contributed by atoms with Gasteiger partial charge in [0, 0.05) is 24.1 Å². The van der Waals surface area contributed by atoms with Gasteiger partial charge in [-0.3, -0.25) is 20.2 Å². The zero-order valence-electron chi connectivity index (χ0n) is 15.0. The van der Waals surface area contributed by atoms with E-state index in [-0.39, 0.29) is 17.8 Å². The molecule has 0 saturated heterocycles. The van der Waals surface area contributed by atoms with Gasteiger partial charge in [0.25, 0.3) is 0 Å². The molecule has 1 aromatic heterocycles. The van der Waals surface area contributed by atoms with Gasteiger partial charge >= 0.3 is 5.95 Å². The molecule has 2 aromatic rings. The number of aliphatic hydroxyl groups is 1. The van der Waals surface area contributed by atoms with Crippen molar-refractivity contribution in [2.24, 2.45) is 11.7 Å². The number of carbonyl (C=O) groups is 2. The third-order valence-electron chi connectivity index (χ3n) is 4.89. The molecule has 5 N–H and O–H groups in total. The average Bonchev–Trinajstić information content (AvgIpc) is 2.61. The van der Waals surface area contributed by atoms with Crippen molar-refractivity contribution >= 4 is 35.1 Å². The Morgan fingerprint density at radius 2 is 2.15 bits per heavy atom. The Bertz CT molecular complexity index is 933. The minimum absolute atomic E-state index is 0.259. The number of amides is 2. The van der Waals surface area contributed by atoms with Gasteiger partial charge < -0.3 is 10.8 Å². The molecule has 2 atom stereocenters. The number of carbonyl (C=O) groups excluding carboxylic acids is 2. The predicted octanol–water partition coefficient (Wildman–Crippen LogP) is 0.556. The van der Waals surface area contributed by atoms with Gasteiger partial charge in [-0.15, -0.1) is 0 Å². The number of nitrogens with two attached hydrogens (primary N) is 2. The van der Waals surface area contributed by atoms with Crippen molar-refractivity contribution in [2.45, 2.75) is 33.0 Å². The normalized spacial score (nSPS) is 18.9. The van der Waals surface area contributed by atoms with Crippen LogP contribution in [0, 0.1) is 12.8 Å². The summed E-state index contributed by atoms with van der Waals surface area (Å²) in [5.74, 6) is -0.978. The van der Waals surface area contributed by atoms with E-state index in [4.69, 9.17) is 23.1 Å². The molecule has 1 aromatic carbocycles. The molecule has 8 nitrogen and oxygen atoms in total. The number of anilines is 2. The summed E-state index contributed by atoms with van der Waals surface area (Å²) in [7, 11) is 0. The maximum Gasteiger partial charge on any atom is 0.389 e. The first-order valence-corrected chi connectivity index (χ1v) is 8.79. The van der Waals surface area contributed by atoms with Crippen molar-refractivity contribution in [3.63, 3.8) is 0 Å². The van der Waals surface area contributed by atoms with Crippen LogP contribution in [0.25, 0.3) is 0 Å². The zero-order valence-corrected chi connectivity index (χ0v) is 15.8.